The van der Waals surface area contributed by atoms with Crippen LogP contribution < -0.4 is 10.1 Å². The van der Waals surface area contributed by atoms with Crippen molar-refractivity contribution >= 4 is 5.97 Å². The van der Waals surface area contributed by atoms with E-state index in [0.29, 0.717) is 13.0 Å². The van der Waals surface area contributed by atoms with Gasteiger partial charge in [-0.15, -0.1) is 0 Å². The van der Waals surface area contributed by atoms with Gasteiger partial charge in [-0.2, -0.15) is 0 Å². The number of carboxylic acid groups (broad SMARTS) is 1. The third-order valence-electron chi connectivity index (χ3n) is 4.74. The van der Waals surface area contributed by atoms with Gasteiger partial charge in [0.1, 0.15) is 12.4 Å². The maximum Gasteiger partial charge on any atom is 0.303 e. The molecule has 0 amide bonds. The van der Waals surface area contributed by atoms with E-state index in [-0.39, 0.29) is 6.42 Å². The molecule has 0 saturated carbocycles. The minimum Gasteiger partial charge on any atom is -0.489 e. The molecule has 0 aliphatic rings. The van der Waals surface area contributed by atoms with Gasteiger partial charge in [0, 0.05) is 13.0 Å². The number of rotatable bonds is 11. The van der Waals surface area contributed by atoms with Crippen molar-refractivity contribution < 1.29 is 14.6 Å². The van der Waals surface area contributed by atoms with Gasteiger partial charge in [0.2, 0.25) is 0 Å². The molecule has 0 heterocycles. The summed E-state index contributed by atoms with van der Waals surface area (Å²) in [5.74, 6) is 0.0101. The Hall–Kier alpha value is -3.11. The molecule has 0 aromatic heterocycles. The zero-order valence-corrected chi connectivity index (χ0v) is 16.5. The van der Waals surface area contributed by atoms with E-state index >= 15 is 0 Å². The van der Waals surface area contributed by atoms with E-state index in [1.165, 1.54) is 11.1 Å². The maximum atomic E-state index is 10.6. The van der Waals surface area contributed by atoms with Crippen molar-refractivity contribution in [2.24, 2.45) is 0 Å². The Morgan fingerprint density at radius 1 is 0.759 bits per heavy atom. The number of carbonyl (C=O) groups is 1. The number of ether oxygens (including phenoxy) is 1. The summed E-state index contributed by atoms with van der Waals surface area (Å²) in [6.45, 7) is 2.32. The molecule has 3 rings (SSSR count). The molecule has 0 aliphatic carbocycles. The molecule has 3 aromatic rings. The molecule has 2 N–H and O–H groups in total. The predicted molar refractivity (Wildman–Crippen MR) is 115 cm³/mol. The van der Waals surface area contributed by atoms with Crippen LogP contribution >= 0.6 is 0 Å². The summed E-state index contributed by atoms with van der Waals surface area (Å²) in [5.41, 5.74) is 4.73. The fraction of sp³-hybridized carbons (Fsp3) is 0.240. The number of aryl methyl sites for hydroxylation is 1. The highest BCUT2D eigenvalue weighted by atomic mass is 16.5. The summed E-state index contributed by atoms with van der Waals surface area (Å²) >= 11 is 0. The SMILES string of the molecule is O=C(O)CCc1ccc(OCc2ccc(CNCCc3ccccc3)cc2)cc1. The fourth-order valence-electron chi connectivity index (χ4n) is 3.03. The maximum absolute atomic E-state index is 10.6. The van der Waals surface area contributed by atoms with Crippen LogP contribution in [0.3, 0.4) is 0 Å². The van der Waals surface area contributed by atoms with E-state index in [2.05, 4.69) is 53.8 Å². The summed E-state index contributed by atoms with van der Waals surface area (Å²) in [4.78, 5) is 10.6. The van der Waals surface area contributed by atoms with Crippen molar-refractivity contribution in [1.29, 1.82) is 0 Å². The first kappa shape index (κ1) is 20.6. The van der Waals surface area contributed by atoms with Gasteiger partial charge in [-0.3, -0.25) is 4.79 Å². The lowest BCUT2D eigenvalue weighted by Gasteiger charge is -2.09. The fourth-order valence-corrected chi connectivity index (χ4v) is 3.03. The molecule has 150 valence electrons. The highest BCUT2D eigenvalue weighted by Gasteiger charge is 2.01. The van der Waals surface area contributed by atoms with Gasteiger partial charge in [0.15, 0.2) is 0 Å². The average Bonchev–Trinajstić information content (AvgIpc) is 2.76. The van der Waals surface area contributed by atoms with Crippen LogP contribution in [0.4, 0.5) is 0 Å². The van der Waals surface area contributed by atoms with Crippen molar-refractivity contribution in [2.75, 3.05) is 6.54 Å². The van der Waals surface area contributed by atoms with Crippen molar-refractivity contribution in [1.82, 2.24) is 5.32 Å². The van der Waals surface area contributed by atoms with Crippen molar-refractivity contribution in [3.8, 4) is 5.75 Å². The monoisotopic (exact) mass is 389 g/mol. The molecule has 0 aliphatic heterocycles. The lowest BCUT2D eigenvalue weighted by molar-refractivity contribution is -0.136. The van der Waals surface area contributed by atoms with Crippen LogP contribution in [0.5, 0.6) is 5.75 Å². The van der Waals surface area contributed by atoms with E-state index in [1.54, 1.807) is 0 Å². The zero-order chi connectivity index (χ0) is 20.3. The Balaban J connectivity index is 1.38. The molecule has 4 heteroatoms. The molecule has 0 saturated heterocycles. The van der Waals surface area contributed by atoms with Gasteiger partial charge in [0.05, 0.1) is 0 Å². The van der Waals surface area contributed by atoms with Crippen LogP contribution in [0.15, 0.2) is 78.9 Å². The zero-order valence-electron chi connectivity index (χ0n) is 16.5. The molecule has 0 radical (unpaired) electrons. The number of carboxylic acids is 1. The lowest BCUT2D eigenvalue weighted by Crippen LogP contribution is -2.16. The molecular formula is C25H27NO3. The van der Waals surface area contributed by atoms with Crippen LogP contribution in [-0.4, -0.2) is 17.6 Å². The quantitative estimate of drug-likeness (QED) is 0.470. The van der Waals surface area contributed by atoms with Crippen LogP contribution in [0.1, 0.15) is 28.7 Å². The lowest BCUT2D eigenvalue weighted by atomic mass is 10.1. The van der Waals surface area contributed by atoms with Crippen molar-refractivity contribution in [3.05, 3.63) is 101 Å². The van der Waals surface area contributed by atoms with Gasteiger partial charge < -0.3 is 15.2 Å². The molecule has 0 spiro atoms. The minimum atomic E-state index is -0.778. The molecule has 0 atom stereocenters. The molecule has 0 unspecified atom stereocenters. The number of nitrogens with one attached hydrogen (secondary N) is 1. The first-order chi connectivity index (χ1) is 14.2. The van der Waals surface area contributed by atoms with E-state index in [9.17, 15) is 4.79 Å². The number of benzene rings is 3. The Morgan fingerprint density at radius 2 is 1.38 bits per heavy atom. The van der Waals surface area contributed by atoms with E-state index in [1.807, 2.05) is 30.3 Å². The van der Waals surface area contributed by atoms with E-state index in [4.69, 9.17) is 9.84 Å². The van der Waals surface area contributed by atoms with Gasteiger partial charge in [-0.25, -0.2) is 0 Å². The topological polar surface area (TPSA) is 58.6 Å². The van der Waals surface area contributed by atoms with Gasteiger partial charge in [0.25, 0.3) is 0 Å². The van der Waals surface area contributed by atoms with Gasteiger partial charge in [-0.05, 0) is 53.8 Å². The summed E-state index contributed by atoms with van der Waals surface area (Å²) in [6, 6.07) is 26.6. The first-order valence-electron chi connectivity index (χ1n) is 9.95. The molecule has 29 heavy (non-hydrogen) atoms. The van der Waals surface area contributed by atoms with Crippen LogP contribution in [-0.2, 0) is 30.8 Å². The van der Waals surface area contributed by atoms with Gasteiger partial charge >= 0.3 is 5.97 Å². The molecule has 0 bridgehead atoms. The van der Waals surface area contributed by atoms with E-state index in [0.717, 1.165) is 36.4 Å². The van der Waals surface area contributed by atoms with E-state index < -0.39 is 5.97 Å². The number of hydrogen-bond acceptors (Lipinski definition) is 3. The summed E-state index contributed by atoms with van der Waals surface area (Å²) < 4.78 is 5.83. The molecule has 0 fully saturated rings. The smallest absolute Gasteiger partial charge is 0.303 e. The Kier molecular flexibility index (Phi) is 7.84. The second-order valence-corrected chi connectivity index (χ2v) is 7.06. The third-order valence-corrected chi connectivity index (χ3v) is 4.74. The Labute approximate surface area is 172 Å². The molecular weight excluding hydrogens is 362 g/mol. The van der Waals surface area contributed by atoms with Crippen molar-refractivity contribution in [3.63, 3.8) is 0 Å². The summed E-state index contributed by atoms with van der Waals surface area (Å²) in [6.07, 6.45) is 1.71. The second kappa shape index (κ2) is 11.0. The summed E-state index contributed by atoms with van der Waals surface area (Å²) in [7, 11) is 0. The highest BCUT2D eigenvalue weighted by molar-refractivity contribution is 5.67. The minimum absolute atomic E-state index is 0.146. The third kappa shape index (κ3) is 7.43. The highest BCUT2D eigenvalue weighted by Crippen LogP contribution is 2.15. The Morgan fingerprint density at radius 3 is 2.07 bits per heavy atom. The molecule has 3 aromatic carbocycles. The normalized spacial score (nSPS) is 10.6. The second-order valence-electron chi connectivity index (χ2n) is 7.06. The van der Waals surface area contributed by atoms with Crippen LogP contribution in [0, 0.1) is 0 Å². The number of hydrogen-bond donors (Lipinski definition) is 2. The summed E-state index contributed by atoms with van der Waals surface area (Å²) in [5, 5.41) is 12.2. The standard InChI is InChI=1S/C25H27NO3/c27-25(28)15-12-21-10-13-24(14-11-21)29-19-23-8-6-22(7-9-23)18-26-17-16-20-4-2-1-3-5-20/h1-11,13-14,26H,12,15-19H2,(H,27,28). The molecule has 4 nitrogen and oxygen atoms in total. The number of aliphatic carboxylic acids is 1. The van der Waals surface area contributed by atoms with Crippen LogP contribution in [0.25, 0.3) is 0 Å². The Bertz CT molecular complexity index is 874. The first-order valence-corrected chi connectivity index (χ1v) is 9.95. The van der Waals surface area contributed by atoms with Crippen molar-refractivity contribution in [2.45, 2.75) is 32.4 Å². The largest absolute Gasteiger partial charge is 0.489 e. The van der Waals surface area contributed by atoms with Crippen LogP contribution in [0.2, 0.25) is 0 Å². The van der Waals surface area contributed by atoms with Gasteiger partial charge in [-0.1, -0.05) is 66.7 Å². The predicted octanol–water partition coefficient (Wildman–Crippen LogP) is 4.62. The average molecular weight is 389 g/mol.